The van der Waals surface area contributed by atoms with Crippen molar-refractivity contribution < 1.29 is 18.7 Å². The van der Waals surface area contributed by atoms with Crippen molar-refractivity contribution in [1.82, 2.24) is 14.9 Å². The molecule has 2 bridgehead atoms. The lowest BCUT2D eigenvalue weighted by molar-refractivity contribution is 0.00547. The third kappa shape index (κ3) is 2.90. The summed E-state index contributed by atoms with van der Waals surface area (Å²) in [7, 11) is 0. The van der Waals surface area contributed by atoms with Gasteiger partial charge >= 0.3 is 6.09 Å². The number of amides is 1. The summed E-state index contributed by atoms with van der Waals surface area (Å²) >= 11 is 5.92. The minimum absolute atomic E-state index is 0.0185. The zero-order chi connectivity index (χ0) is 21.4. The van der Waals surface area contributed by atoms with Crippen molar-refractivity contribution in [3.63, 3.8) is 0 Å². The number of pyridine rings is 2. The Kier molecular flexibility index (Phi) is 4.19. The van der Waals surface area contributed by atoms with E-state index in [9.17, 15) is 14.0 Å². The number of carbonyl (C=O) groups excluding carboxylic acids is 1. The first-order valence-electron chi connectivity index (χ1n) is 9.97. The quantitative estimate of drug-likeness (QED) is 0.638. The number of aromatic amines is 1. The summed E-state index contributed by atoms with van der Waals surface area (Å²) in [5.41, 5.74) is -0.502. The Morgan fingerprint density at radius 3 is 2.87 bits per heavy atom. The maximum absolute atomic E-state index is 14.6. The summed E-state index contributed by atoms with van der Waals surface area (Å²) in [6, 6.07) is 0.993. The molecule has 5 rings (SSSR count). The fraction of sp³-hybridized carbons (Fsp3) is 0.550. The van der Waals surface area contributed by atoms with Gasteiger partial charge in [0.05, 0.1) is 34.7 Å². The number of carbonyl (C=O) groups is 1. The molecule has 8 nitrogen and oxygen atoms in total. The lowest BCUT2D eigenvalue weighted by atomic mass is 10.0. The number of nitrogens with one attached hydrogen (secondary N) is 1. The van der Waals surface area contributed by atoms with Gasteiger partial charge in [-0.05, 0) is 33.6 Å². The van der Waals surface area contributed by atoms with E-state index in [2.05, 4.69) is 9.97 Å². The van der Waals surface area contributed by atoms with Crippen LogP contribution in [0.5, 0.6) is 5.88 Å². The first kappa shape index (κ1) is 19.4. The van der Waals surface area contributed by atoms with Gasteiger partial charge in [0.25, 0.3) is 5.56 Å². The Labute approximate surface area is 176 Å². The van der Waals surface area contributed by atoms with Crippen LogP contribution in [0.25, 0.3) is 10.9 Å². The van der Waals surface area contributed by atoms with Crippen LogP contribution in [-0.4, -0.2) is 57.8 Å². The van der Waals surface area contributed by atoms with Crippen molar-refractivity contribution in [3.05, 3.63) is 27.4 Å². The summed E-state index contributed by atoms with van der Waals surface area (Å²) < 4.78 is 26.2. The molecule has 0 aliphatic carbocycles. The number of nitrogens with zero attached hydrogens (tertiary/aromatic N) is 3. The highest BCUT2D eigenvalue weighted by molar-refractivity contribution is 6.30. The second-order valence-electron chi connectivity index (χ2n) is 9.01. The molecule has 10 heteroatoms. The molecule has 0 unspecified atom stereocenters. The molecule has 1 N–H and O–H groups in total. The number of hydrogen-bond acceptors (Lipinski definition) is 6. The number of piperazine rings is 1. The Morgan fingerprint density at radius 2 is 2.13 bits per heavy atom. The van der Waals surface area contributed by atoms with Crippen LogP contribution in [0.15, 0.2) is 10.9 Å². The molecule has 2 aromatic rings. The molecular formula is C20H22ClFN4O4. The molecule has 3 aliphatic rings. The predicted molar refractivity (Wildman–Crippen MR) is 109 cm³/mol. The summed E-state index contributed by atoms with van der Waals surface area (Å²) in [6.07, 6.45) is 1.27. The van der Waals surface area contributed by atoms with E-state index < -0.39 is 17.0 Å². The molecule has 30 heavy (non-hydrogen) atoms. The summed E-state index contributed by atoms with van der Waals surface area (Å²) in [5.74, 6) is -0.608. The molecule has 0 saturated carbocycles. The van der Waals surface area contributed by atoms with Crippen LogP contribution >= 0.6 is 11.6 Å². The Balaban J connectivity index is 1.60. The maximum Gasteiger partial charge on any atom is 0.410 e. The van der Waals surface area contributed by atoms with Crippen LogP contribution in [0.4, 0.5) is 14.9 Å². The predicted octanol–water partition coefficient (Wildman–Crippen LogP) is 3.06. The normalized spacial score (nSPS) is 25.0. The largest absolute Gasteiger partial charge is 0.475 e. The minimum Gasteiger partial charge on any atom is -0.475 e. The van der Waals surface area contributed by atoms with Crippen molar-refractivity contribution in [1.29, 1.82) is 0 Å². The molecule has 0 aromatic carbocycles. The number of ether oxygens (including phenoxy) is 2. The molecule has 3 aliphatic heterocycles. The van der Waals surface area contributed by atoms with Gasteiger partial charge < -0.3 is 19.4 Å². The molecule has 1 amide bonds. The van der Waals surface area contributed by atoms with Crippen LogP contribution in [0.2, 0.25) is 5.15 Å². The van der Waals surface area contributed by atoms with E-state index in [1.807, 2.05) is 25.7 Å². The van der Waals surface area contributed by atoms with Gasteiger partial charge in [0.1, 0.15) is 12.2 Å². The lowest BCUT2D eigenvalue weighted by Gasteiger charge is -2.46. The molecule has 0 radical (unpaired) electrons. The monoisotopic (exact) mass is 436 g/mol. The molecule has 3 atom stereocenters. The van der Waals surface area contributed by atoms with E-state index in [1.165, 1.54) is 6.07 Å². The van der Waals surface area contributed by atoms with Crippen LogP contribution in [0.1, 0.15) is 33.6 Å². The number of anilines is 1. The average Bonchev–Trinajstić information content (AvgIpc) is 2.89. The highest BCUT2D eigenvalue weighted by Gasteiger charge is 2.51. The standard InChI is InChI=1S/C20H22ClFN4O4/c1-20(2,3)30-19(28)26-9-4-5-10(26)12-8-29-18-14-11(25(12)7-9)6-13(27)23-16(14)15(22)17(21)24-18/h6,9-10,12H,4-5,7-8H2,1-3H3,(H,23,27)/t9-,10+,12-/m1/s1. The van der Waals surface area contributed by atoms with Crippen LogP contribution in [0.3, 0.4) is 0 Å². The van der Waals surface area contributed by atoms with Crippen molar-refractivity contribution in [3.8, 4) is 5.88 Å². The van der Waals surface area contributed by atoms with Crippen LogP contribution in [0, 0.1) is 5.82 Å². The average molecular weight is 437 g/mol. The van der Waals surface area contributed by atoms with Crippen molar-refractivity contribution in [2.24, 2.45) is 0 Å². The zero-order valence-electron chi connectivity index (χ0n) is 16.9. The molecule has 160 valence electrons. The fourth-order valence-electron chi connectivity index (χ4n) is 4.84. The van der Waals surface area contributed by atoms with E-state index in [4.69, 9.17) is 21.1 Å². The Morgan fingerprint density at radius 1 is 1.37 bits per heavy atom. The minimum atomic E-state index is -0.785. The third-order valence-electron chi connectivity index (χ3n) is 5.94. The van der Waals surface area contributed by atoms with Crippen LogP contribution in [-0.2, 0) is 4.74 Å². The van der Waals surface area contributed by atoms with Crippen molar-refractivity contribution in [2.45, 2.75) is 57.3 Å². The summed E-state index contributed by atoms with van der Waals surface area (Å²) in [6.45, 7) is 6.23. The van der Waals surface area contributed by atoms with Gasteiger partial charge in [-0.25, -0.2) is 9.18 Å². The second kappa shape index (κ2) is 6.47. The third-order valence-corrected chi connectivity index (χ3v) is 6.19. The van der Waals surface area contributed by atoms with E-state index in [1.54, 1.807) is 4.90 Å². The molecule has 2 saturated heterocycles. The molecule has 5 heterocycles. The first-order chi connectivity index (χ1) is 14.1. The molecule has 2 aromatic heterocycles. The van der Waals surface area contributed by atoms with Gasteiger partial charge in [-0.2, -0.15) is 4.98 Å². The van der Waals surface area contributed by atoms with Gasteiger partial charge in [-0.1, -0.05) is 11.6 Å². The highest BCUT2D eigenvalue weighted by Crippen LogP contribution is 2.44. The molecule has 2 fully saturated rings. The highest BCUT2D eigenvalue weighted by atomic mass is 35.5. The van der Waals surface area contributed by atoms with Gasteiger partial charge in [0.2, 0.25) is 5.88 Å². The number of aromatic nitrogens is 2. The molecular weight excluding hydrogens is 415 g/mol. The first-order valence-corrected chi connectivity index (χ1v) is 10.3. The van der Waals surface area contributed by atoms with Crippen LogP contribution < -0.4 is 15.2 Å². The number of fused-ring (bicyclic) bond motifs is 5. The summed E-state index contributed by atoms with van der Waals surface area (Å²) in [4.78, 5) is 35.6. The smallest absolute Gasteiger partial charge is 0.410 e. The van der Waals surface area contributed by atoms with Crippen molar-refractivity contribution >= 4 is 34.3 Å². The topological polar surface area (TPSA) is 87.8 Å². The van der Waals surface area contributed by atoms with E-state index in [0.29, 0.717) is 17.6 Å². The lowest BCUT2D eigenvalue weighted by Crippen LogP contribution is -2.63. The second-order valence-corrected chi connectivity index (χ2v) is 9.37. The SMILES string of the molecule is CC(C)(C)OC(=O)N1[C@@H]2CC[C@H]1[C@H]1COc3nc(Cl)c(F)c4[nH]c(=O)cc(c34)N1C2. The summed E-state index contributed by atoms with van der Waals surface area (Å²) in [5, 5.41) is 0.0335. The molecule has 0 spiro atoms. The van der Waals surface area contributed by atoms with Gasteiger partial charge in [0, 0.05) is 12.6 Å². The van der Waals surface area contributed by atoms with E-state index >= 15 is 0 Å². The Bertz CT molecular complexity index is 1110. The van der Waals surface area contributed by atoms with Gasteiger partial charge in [-0.15, -0.1) is 0 Å². The number of halogens is 2. The van der Waals surface area contributed by atoms with Gasteiger partial charge in [-0.3, -0.25) is 9.69 Å². The van der Waals surface area contributed by atoms with E-state index in [-0.39, 0.29) is 47.4 Å². The fourth-order valence-corrected chi connectivity index (χ4v) is 5.01. The number of H-pyrrole nitrogens is 1. The van der Waals surface area contributed by atoms with E-state index in [0.717, 1.165) is 12.8 Å². The van der Waals surface area contributed by atoms with Gasteiger partial charge in [0.15, 0.2) is 11.0 Å². The maximum atomic E-state index is 14.6. The van der Waals surface area contributed by atoms with Crippen molar-refractivity contribution in [2.75, 3.05) is 18.1 Å². The number of hydrogen-bond donors (Lipinski definition) is 1. The zero-order valence-corrected chi connectivity index (χ0v) is 17.6. The Hall–Kier alpha value is -2.55. The number of rotatable bonds is 0.